The van der Waals surface area contributed by atoms with Crippen molar-refractivity contribution >= 4 is 11.7 Å². The van der Waals surface area contributed by atoms with Gasteiger partial charge in [0.05, 0.1) is 5.84 Å². The first-order chi connectivity index (χ1) is 7.59. The molecule has 92 valence electrons. The lowest BCUT2D eigenvalue weighted by Gasteiger charge is -2.28. The Hall–Kier alpha value is -1.10. The van der Waals surface area contributed by atoms with Crippen LogP contribution in [0.15, 0.2) is 0 Å². The van der Waals surface area contributed by atoms with E-state index < -0.39 is 0 Å². The second-order valence-electron chi connectivity index (χ2n) is 4.42. The van der Waals surface area contributed by atoms with E-state index in [0.717, 1.165) is 25.9 Å². The summed E-state index contributed by atoms with van der Waals surface area (Å²) in [6.45, 7) is 4.94. The third-order valence-corrected chi connectivity index (χ3v) is 2.90. The van der Waals surface area contributed by atoms with Gasteiger partial charge >= 0.3 is 0 Å². The average Bonchev–Trinajstić information content (AvgIpc) is 2.25. The van der Waals surface area contributed by atoms with Gasteiger partial charge < -0.3 is 15.5 Å². The van der Waals surface area contributed by atoms with Crippen molar-refractivity contribution in [2.45, 2.75) is 19.8 Å². The van der Waals surface area contributed by atoms with Crippen molar-refractivity contribution in [2.75, 3.05) is 33.2 Å². The smallest absolute Gasteiger partial charge is 0.223 e. The standard InChI is InChI=1S/C11H22N4O/c1-9(12)13-5-6-14-11(16)10-3-7-15(2)8-4-10/h10H,3-8H2,1-2H3,(H2,12,13)(H,14,16). The van der Waals surface area contributed by atoms with E-state index in [1.54, 1.807) is 6.92 Å². The minimum absolute atomic E-state index is 0.164. The van der Waals surface area contributed by atoms with Gasteiger partial charge in [-0.3, -0.25) is 10.2 Å². The number of likely N-dealkylation sites (tertiary alicyclic amines) is 1. The van der Waals surface area contributed by atoms with Crippen molar-refractivity contribution in [1.29, 1.82) is 5.41 Å². The maximum absolute atomic E-state index is 11.7. The molecule has 1 saturated heterocycles. The molecule has 0 radical (unpaired) electrons. The van der Waals surface area contributed by atoms with Crippen LogP contribution >= 0.6 is 0 Å². The number of nitrogens with one attached hydrogen (secondary N) is 3. The predicted octanol–water partition coefficient (Wildman–Crippen LogP) is 0.0312. The predicted molar refractivity (Wildman–Crippen MR) is 64.6 cm³/mol. The summed E-state index contributed by atoms with van der Waals surface area (Å²) in [4.78, 5) is 14.0. The van der Waals surface area contributed by atoms with Crippen LogP contribution in [0.1, 0.15) is 19.8 Å². The van der Waals surface area contributed by atoms with Crippen molar-refractivity contribution < 1.29 is 4.79 Å². The minimum atomic E-state index is 0.164. The molecule has 0 aromatic heterocycles. The van der Waals surface area contributed by atoms with E-state index in [1.807, 2.05) is 0 Å². The summed E-state index contributed by atoms with van der Waals surface area (Å²) in [6.07, 6.45) is 1.92. The third-order valence-electron chi connectivity index (χ3n) is 2.90. The summed E-state index contributed by atoms with van der Waals surface area (Å²) in [5.41, 5.74) is 0. The van der Waals surface area contributed by atoms with Crippen LogP contribution < -0.4 is 10.6 Å². The maximum Gasteiger partial charge on any atom is 0.223 e. The zero-order chi connectivity index (χ0) is 12.0. The summed E-state index contributed by atoms with van der Waals surface area (Å²) in [5.74, 6) is 0.781. The zero-order valence-corrected chi connectivity index (χ0v) is 10.2. The van der Waals surface area contributed by atoms with Crippen LogP contribution in [-0.4, -0.2) is 49.9 Å². The fraction of sp³-hybridized carbons (Fsp3) is 0.818. The number of rotatable bonds is 4. The van der Waals surface area contributed by atoms with E-state index in [1.165, 1.54) is 0 Å². The largest absolute Gasteiger partial charge is 0.372 e. The van der Waals surface area contributed by atoms with Crippen molar-refractivity contribution in [3.63, 3.8) is 0 Å². The van der Waals surface area contributed by atoms with Crippen molar-refractivity contribution in [3.05, 3.63) is 0 Å². The Morgan fingerprint density at radius 2 is 1.88 bits per heavy atom. The van der Waals surface area contributed by atoms with Crippen LogP contribution in [0.2, 0.25) is 0 Å². The summed E-state index contributed by atoms with van der Waals surface area (Å²) in [6, 6.07) is 0. The number of amidine groups is 1. The Morgan fingerprint density at radius 3 is 2.44 bits per heavy atom. The van der Waals surface area contributed by atoms with E-state index >= 15 is 0 Å². The normalized spacial score (nSPS) is 18.1. The van der Waals surface area contributed by atoms with E-state index in [9.17, 15) is 4.79 Å². The molecular formula is C11H22N4O. The zero-order valence-electron chi connectivity index (χ0n) is 10.2. The molecule has 1 aliphatic rings. The summed E-state index contributed by atoms with van der Waals surface area (Å²) >= 11 is 0. The highest BCUT2D eigenvalue weighted by atomic mass is 16.1. The Bertz CT molecular complexity index is 246. The number of amides is 1. The minimum Gasteiger partial charge on any atom is -0.372 e. The van der Waals surface area contributed by atoms with Gasteiger partial charge in [0.15, 0.2) is 0 Å². The molecule has 0 saturated carbocycles. The van der Waals surface area contributed by atoms with Gasteiger partial charge in [-0.05, 0) is 39.9 Å². The molecule has 1 aliphatic heterocycles. The number of carbonyl (C=O) groups is 1. The first-order valence-corrected chi connectivity index (χ1v) is 5.85. The molecule has 1 amide bonds. The van der Waals surface area contributed by atoms with Gasteiger partial charge in [-0.2, -0.15) is 0 Å². The van der Waals surface area contributed by atoms with Crippen molar-refractivity contribution in [2.24, 2.45) is 5.92 Å². The van der Waals surface area contributed by atoms with Crippen molar-refractivity contribution in [1.82, 2.24) is 15.5 Å². The average molecular weight is 226 g/mol. The molecule has 0 aliphatic carbocycles. The fourth-order valence-electron chi connectivity index (χ4n) is 1.85. The van der Waals surface area contributed by atoms with Crippen molar-refractivity contribution in [3.8, 4) is 0 Å². The molecule has 1 rings (SSSR count). The lowest BCUT2D eigenvalue weighted by molar-refractivity contribution is -0.126. The van der Waals surface area contributed by atoms with Gasteiger partial charge in [-0.25, -0.2) is 0 Å². The Morgan fingerprint density at radius 1 is 1.31 bits per heavy atom. The second-order valence-corrected chi connectivity index (χ2v) is 4.42. The molecule has 3 N–H and O–H groups in total. The monoisotopic (exact) mass is 226 g/mol. The molecule has 0 bridgehead atoms. The molecule has 0 atom stereocenters. The van der Waals surface area contributed by atoms with E-state index in [2.05, 4.69) is 22.6 Å². The molecule has 5 heteroatoms. The van der Waals surface area contributed by atoms with Crippen LogP contribution in [0.4, 0.5) is 0 Å². The maximum atomic E-state index is 11.7. The number of hydrogen-bond donors (Lipinski definition) is 3. The lowest BCUT2D eigenvalue weighted by Crippen LogP contribution is -2.41. The molecule has 0 unspecified atom stereocenters. The first kappa shape index (κ1) is 13.0. The molecule has 0 spiro atoms. The number of piperidine rings is 1. The van der Waals surface area contributed by atoms with Gasteiger partial charge in [0, 0.05) is 19.0 Å². The molecule has 16 heavy (non-hydrogen) atoms. The summed E-state index contributed by atoms with van der Waals surface area (Å²) in [7, 11) is 2.09. The quantitative estimate of drug-likeness (QED) is 0.360. The van der Waals surface area contributed by atoms with Gasteiger partial charge in [0.2, 0.25) is 5.91 Å². The Kier molecular flexibility index (Phi) is 5.25. The first-order valence-electron chi connectivity index (χ1n) is 5.85. The topological polar surface area (TPSA) is 68.2 Å². The molecule has 1 fully saturated rings. The SMILES string of the molecule is CC(=N)NCCNC(=O)C1CCN(C)CC1. The molecule has 0 aromatic carbocycles. The van der Waals surface area contributed by atoms with Gasteiger partial charge in [-0.1, -0.05) is 0 Å². The molecule has 0 aromatic rings. The van der Waals surface area contributed by atoms with E-state index in [4.69, 9.17) is 5.41 Å². The van der Waals surface area contributed by atoms with Crippen LogP contribution in [0.5, 0.6) is 0 Å². The number of hydrogen-bond acceptors (Lipinski definition) is 3. The lowest BCUT2D eigenvalue weighted by atomic mass is 9.96. The molecule has 1 heterocycles. The van der Waals surface area contributed by atoms with Crippen LogP contribution in [0.25, 0.3) is 0 Å². The second kappa shape index (κ2) is 6.48. The molecule has 5 nitrogen and oxygen atoms in total. The van der Waals surface area contributed by atoms with E-state index in [0.29, 0.717) is 18.9 Å². The molecular weight excluding hydrogens is 204 g/mol. The highest BCUT2D eigenvalue weighted by Crippen LogP contribution is 2.15. The van der Waals surface area contributed by atoms with Gasteiger partial charge in [0.1, 0.15) is 0 Å². The fourth-order valence-corrected chi connectivity index (χ4v) is 1.85. The van der Waals surface area contributed by atoms with Crippen LogP contribution in [0.3, 0.4) is 0 Å². The highest BCUT2D eigenvalue weighted by Gasteiger charge is 2.22. The Labute approximate surface area is 97.1 Å². The highest BCUT2D eigenvalue weighted by molar-refractivity contribution is 5.79. The van der Waals surface area contributed by atoms with Gasteiger partial charge in [-0.15, -0.1) is 0 Å². The number of nitrogens with zero attached hydrogens (tertiary/aromatic N) is 1. The van der Waals surface area contributed by atoms with E-state index in [-0.39, 0.29) is 11.8 Å². The third kappa shape index (κ3) is 4.61. The van der Waals surface area contributed by atoms with Crippen LogP contribution in [-0.2, 0) is 4.79 Å². The summed E-state index contributed by atoms with van der Waals surface area (Å²) in [5, 5.41) is 12.9. The Balaban J connectivity index is 2.12. The summed E-state index contributed by atoms with van der Waals surface area (Å²) < 4.78 is 0. The van der Waals surface area contributed by atoms with Crippen LogP contribution in [0, 0.1) is 11.3 Å². The van der Waals surface area contributed by atoms with Gasteiger partial charge in [0.25, 0.3) is 0 Å². The number of carbonyl (C=O) groups excluding carboxylic acids is 1.